The Morgan fingerprint density at radius 3 is 2.62 bits per heavy atom. The van der Waals surface area contributed by atoms with Crippen LogP contribution in [0.3, 0.4) is 0 Å². The zero-order chi connectivity index (χ0) is 24.1. The van der Waals surface area contributed by atoms with Crippen molar-refractivity contribution in [2.45, 2.75) is 13.0 Å². The molecule has 1 saturated heterocycles. The molecule has 9 nitrogen and oxygen atoms in total. The van der Waals surface area contributed by atoms with Crippen LogP contribution < -0.4 is 21.1 Å². The first kappa shape index (κ1) is 23.7. The van der Waals surface area contributed by atoms with Crippen LogP contribution in [0.5, 0.6) is 0 Å². The molecule has 3 aromatic rings. The topological polar surface area (TPSA) is 91.2 Å². The highest BCUT2D eigenvalue weighted by Gasteiger charge is 2.20. The second-order valence-corrected chi connectivity index (χ2v) is 8.72. The molecule has 1 aliphatic rings. The van der Waals surface area contributed by atoms with Gasteiger partial charge in [-0.25, -0.2) is 4.98 Å². The van der Waals surface area contributed by atoms with E-state index in [0.29, 0.717) is 49.9 Å². The maximum Gasteiger partial charge on any atom is 0.259 e. The van der Waals surface area contributed by atoms with E-state index in [-0.39, 0.29) is 17.5 Å². The summed E-state index contributed by atoms with van der Waals surface area (Å²) in [7, 11) is 3.91. The largest absolute Gasteiger partial charge is 0.378 e. The molecule has 3 heterocycles. The number of rotatable bonds is 8. The first-order valence-electron chi connectivity index (χ1n) is 11.6. The Morgan fingerprint density at radius 1 is 1.18 bits per heavy atom. The third kappa shape index (κ3) is 5.55. The third-order valence-electron chi connectivity index (χ3n) is 5.84. The number of morpholine rings is 1. The van der Waals surface area contributed by atoms with Crippen molar-refractivity contribution in [3.63, 3.8) is 0 Å². The zero-order valence-electron chi connectivity index (χ0n) is 20.0. The number of ether oxygens (including phenoxy) is 1. The van der Waals surface area contributed by atoms with Crippen molar-refractivity contribution in [3.8, 4) is 0 Å². The van der Waals surface area contributed by atoms with Gasteiger partial charge in [-0.05, 0) is 39.2 Å². The van der Waals surface area contributed by atoms with E-state index in [4.69, 9.17) is 9.72 Å². The quantitative estimate of drug-likeness (QED) is 0.527. The van der Waals surface area contributed by atoms with Gasteiger partial charge in [0, 0.05) is 49.7 Å². The van der Waals surface area contributed by atoms with Crippen LogP contribution in [0.4, 0.5) is 11.5 Å². The summed E-state index contributed by atoms with van der Waals surface area (Å²) in [5.74, 6) is 0.408. The Morgan fingerprint density at radius 2 is 1.91 bits per heavy atom. The summed E-state index contributed by atoms with van der Waals surface area (Å²) in [5, 5.41) is 6.40. The Bertz CT molecular complexity index is 1190. The number of amides is 1. The molecule has 1 aliphatic heterocycles. The molecule has 1 unspecified atom stereocenters. The number of para-hydroxylation sites is 1. The van der Waals surface area contributed by atoms with Gasteiger partial charge < -0.3 is 25.2 Å². The number of carbonyl (C=O) groups is 1. The Hall–Kier alpha value is -3.43. The molecule has 0 saturated carbocycles. The second kappa shape index (κ2) is 10.7. The number of carbonyl (C=O) groups excluding carboxylic acids is 1. The highest BCUT2D eigenvalue weighted by atomic mass is 16.5. The summed E-state index contributed by atoms with van der Waals surface area (Å²) in [6, 6.07) is 13.0. The number of pyridine rings is 1. The summed E-state index contributed by atoms with van der Waals surface area (Å²) in [4.78, 5) is 35.0. The van der Waals surface area contributed by atoms with Crippen molar-refractivity contribution in [1.29, 1.82) is 0 Å². The van der Waals surface area contributed by atoms with Crippen molar-refractivity contribution < 1.29 is 9.53 Å². The molecule has 1 fully saturated rings. The predicted molar refractivity (Wildman–Crippen MR) is 134 cm³/mol. The molecule has 1 atom stereocenters. The average Bonchev–Trinajstić information content (AvgIpc) is 2.84. The molecule has 0 spiro atoms. The third-order valence-corrected chi connectivity index (χ3v) is 5.84. The highest BCUT2D eigenvalue weighted by Crippen LogP contribution is 2.25. The zero-order valence-corrected chi connectivity index (χ0v) is 20.0. The minimum atomic E-state index is -0.221. The Labute approximate surface area is 199 Å². The molecule has 2 N–H and O–H groups in total. The molecule has 4 rings (SSSR count). The lowest BCUT2D eigenvalue weighted by atomic mass is 10.1. The minimum Gasteiger partial charge on any atom is -0.378 e. The first-order valence-corrected chi connectivity index (χ1v) is 11.6. The lowest BCUT2D eigenvalue weighted by Crippen LogP contribution is -2.38. The number of nitrogens with one attached hydrogen (secondary N) is 2. The smallest absolute Gasteiger partial charge is 0.259 e. The van der Waals surface area contributed by atoms with Gasteiger partial charge in [0.05, 0.1) is 24.8 Å². The summed E-state index contributed by atoms with van der Waals surface area (Å²) in [5.41, 5.74) is 2.46. The van der Waals surface area contributed by atoms with Crippen LogP contribution in [0.25, 0.3) is 5.65 Å². The van der Waals surface area contributed by atoms with Crippen LogP contribution in [0.1, 0.15) is 28.9 Å². The van der Waals surface area contributed by atoms with E-state index in [9.17, 15) is 9.59 Å². The molecular formula is C25H32N6O3. The Balaban J connectivity index is 1.75. The van der Waals surface area contributed by atoms with Crippen molar-refractivity contribution in [1.82, 2.24) is 19.6 Å². The number of fused-ring (bicyclic) bond motifs is 1. The fourth-order valence-corrected chi connectivity index (χ4v) is 3.97. The molecule has 180 valence electrons. The fourth-order valence-electron chi connectivity index (χ4n) is 3.97. The lowest BCUT2D eigenvalue weighted by Gasteiger charge is -2.28. The standard InChI is InChI=1S/C25H32N6O3/c1-18(27-20-7-5-4-6-8-20)21-15-19(25(33)26-9-10-29(2)3)17-31-23(32)16-22(28-24(21)31)30-11-13-34-14-12-30/h4-8,15-18,27H,9-14H2,1-3H3,(H,26,33). The number of anilines is 2. The summed E-state index contributed by atoms with van der Waals surface area (Å²) >= 11 is 0. The maximum atomic E-state index is 13.2. The van der Waals surface area contributed by atoms with Crippen LogP contribution in [-0.2, 0) is 4.74 Å². The van der Waals surface area contributed by atoms with Gasteiger partial charge in [0.25, 0.3) is 11.5 Å². The molecule has 1 amide bonds. The fraction of sp³-hybridized carbons (Fsp3) is 0.400. The molecule has 0 bridgehead atoms. The second-order valence-electron chi connectivity index (χ2n) is 8.72. The summed E-state index contributed by atoms with van der Waals surface area (Å²) in [6.07, 6.45) is 1.58. The SMILES string of the molecule is CC(Nc1ccccc1)c1cc(C(=O)NCCN(C)C)cn2c(=O)cc(N3CCOCC3)nc12. The van der Waals surface area contributed by atoms with Gasteiger partial charge in [-0.2, -0.15) is 0 Å². The molecule has 9 heteroatoms. The average molecular weight is 465 g/mol. The number of benzene rings is 1. The molecule has 0 radical (unpaired) electrons. The normalized spacial score (nSPS) is 14.9. The first-order chi connectivity index (χ1) is 16.4. The van der Waals surface area contributed by atoms with Gasteiger partial charge in [-0.15, -0.1) is 0 Å². The number of nitrogens with zero attached hydrogens (tertiary/aromatic N) is 4. The van der Waals surface area contributed by atoms with Crippen molar-refractivity contribution in [3.05, 3.63) is 70.1 Å². The van der Waals surface area contributed by atoms with E-state index in [1.807, 2.05) is 62.3 Å². The van der Waals surface area contributed by atoms with E-state index in [1.165, 1.54) is 10.5 Å². The van der Waals surface area contributed by atoms with E-state index < -0.39 is 0 Å². The predicted octanol–water partition coefficient (Wildman–Crippen LogP) is 2.00. The van der Waals surface area contributed by atoms with Gasteiger partial charge in [-0.1, -0.05) is 18.2 Å². The summed E-state index contributed by atoms with van der Waals surface area (Å²) in [6.45, 7) is 5.81. The van der Waals surface area contributed by atoms with Crippen molar-refractivity contribution in [2.24, 2.45) is 0 Å². The van der Waals surface area contributed by atoms with E-state index in [1.54, 1.807) is 6.20 Å². The lowest BCUT2D eigenvalue weighted by molar-refractivity contribution is 0.0950. The minimum absolute atomic E-state index is 0.196. The van der Waals surface area contributed by atoms with E-state index in [2.05, 4.69) is 15.5 Å². The maximum absolute atomic E-state index is 13.2. The molecule has 34 heavy (non-hydrogen) atoms. The van der Waals surface area contributed by atoms with Gasteiger partial charge in [0.2, 0.25) is 0 Å². The highest BCUT2D eigenvalue weighted by molar-refractivity contribution is 5.94. The number of likely N-dealkylation sites (N-methyl/N-ethyl adjacent to an activating group) is 1. The monoisotopic (exact) mass is 464 g/mol. The van der Waals surface area contributed by atoms with Gasteiger partial charge >= 0.3 is 0 Å². The Kier molecular flexibility index (Phi) is 7.44. The van der Waals surface area contributed by atoms with Crippen LogP contribution in [0.2, 0.25) is 0 Å². The number of aromatic nitrogens is 2. The van der Waals surface area contributed by atoms with E-state index in [0.717, 1.165) is 17.8 Å². The summed E-state index contributed by atoms with van der Waals surface area (Å²) < 4.78 is 6.92. The molecular weight excluding hydrogens is 432 g/mol. The number of hydrogen-bond donors (Lipinski definition) is 2. The van der Waals surface area contributed by atoms with Crippen molar-refractivity contribution in [2.75, 3.05) is 63.7 Å². The molecule has 0 aliphatic carbocycles. The van der Waals surface area contributed by atoms with Crippen LogP contribution in [0, 0.1) is 0 Å². The molecule has 1 aromatic carbocycles. The van der Waals surface area contributed by atoms with Gasteiger partial charge in [-0.3, -0.25) is 14.0 Å². The molecule has 2 aromatic heterocycles. The van der Waals surface area contributed by atoms with Crippen LogP contribution in [0.15, 0.2) is 53.5 Å². The van der Waals surface area contributed by atoms with Crippen molar-refractivity contribution >= 4 is 23.1 Å². The van der Waals surface area contributed by atoms with Gasteiger partial charge in [0.1, 0.15) is 11.5 Å². The van der Waals surface area contributed by atoms with Gasteiger partial charge in [0.15, 0.2) is 0 Å². The number of hydrogen-bond acceptors (Lipinski definition) is 7. The van der Waals surface area contributed by atoms with E-state index >= 15 is 0 Å². The van der Waals surface area contributed by atoms with Crippen LogP contribution >= 0.6 is 0 Å². The van der Waals surface area contributed by atoms with Crippen LogP contribution in [-0.4, -0.2) is 73.7 Å².